The number of piperidine rings is 5. The molecule has 20 rings (SSSR count). The van der Waals surface area contributed by atoms with Gasteiger partial charge in [-0.15, -0.1) is 0 Å². The second-order valence-corrected chi connectivity index (χ2v) is 39.7. The van der Waals surface area contributed by atoms with E-state index >= 15 is 0 Å². The lowest BCUT2D eigenvalue weighted by atomic mass is 9.78. The Labute approximate surface area is 777 Å². The predicted molar refractivity (Wildman–Crippen MR) is 516 cm³/mol. The van der Waals surface area contributed by atoms with Gasteiger partial charge in [-0.05, 0) is 170 Å². The maximum atomic E-state index is 13.4. The predicted octanol–water partition coefficient (Wildman–Crippen LogP) is 24.8. The number of benzene rings is 5. The van der Waals surface area contributed by atoms with Crippen LogP contribution in [0.5, 0.6) is 0 Å². The zero-order valence-electron chi connectivity index (χ0n) is 72.7. The van der Waals surface area contributed by atoms with Crippen molar-refractivity contribution in [3.05, 3.63) is 174 Å². The molecule has 0 atom stereocenters. The number of nitrogens with zero attached hydrogens (tertiary/aromatic N) is 20. The van der Waals surface area contributed by atoms with E-state index in [1.165, 1.54) is 63.9 Å². The van der Waals surface area contributed by atoms with Crippen molar-refractivity contribution in [2.24, 2.45) is 27.1 Å². The topological polar surface area (TPSA) is 288 Å². The fourth-order valence-corrected chi connectivity index (χ4v) is 18.3. The van der Waals surface area contributed by atoms with Gasteiger partial charge in [0.2, 0.25) is 28.2 Å². The van der Waals surface area contributed by atoms with Gasteiger partial charge in [0, 0.05) is 118 Å². The van der Waals surface area contributed by atoms with Gasteiger partial charge in [-0.2, -0.15) is 25.5 Å². The van der Waals surface area contributed by atoms with Crippen LogP contribution in [0.25, 0.3) is 112 Å². The van der Waals surface area contributed by atoms with E-state index in [4.69, 9.17) is 113 Å². The van der Waals surface area contributed by atoms with Crippen molar-refractivity contribution >= 4 is 178 Å². The van der Waals surface area contributed by atoms with Crippen LogP contribution in [0.2, 0.25) is 40.2 Å². The van der Waals surface area contributed by atoms with Crippen molar-refractivity contribution in [3.8, 4) is 56.3 Å². The Bertz CT molecular complexity index is 6220. The molecule has 0 spiro atoms. The molecule has 10 aromatic heterocycles. The highest BCUT2D eigenvalue weighted by atomic mass is 35.5. The van der Waals surface area contributed by atoms with Crippen LogP contribution >= 0.6 is 92.8 Å². The van der Waals surface area contributed by atoms with Crippen molar-refractivity contribution in [3.63, 3.8) is 0 Å². The summed E-state index contributed by atoms with van der Waals surface area (Å²) in [7, 11) is 0. The summed E-state index contributed by atoms with van der Waals surface area (Å²) in [5.41, 5.74) is 17.0. The minimum absolute atomic E-state index is 0.0714. The monoisotopic (exact) mass is 1870 g/mol. The van der Waals surface area contributed by atoms with Gasteiger partial charge < -0.3 is 24.5 Å². The van der Waals surface area contributed by atoms with E-state index in [1.54, 1.807) is 36.5 Å². The number of rotatable bonds is 13. The fraction of sp³-hybridized carbons (Fsp3) is 0.409. The van der Waals surface area contributed by atoms with Crippen molar-refractivity contribution in [2.45, 2.75) is 153 Å². The highest BCUT2D eigenvalue weighted by Crippen LogP contribution is 2.43. The summed E-state index contributed by atoms with van der Waals surface area (Å²) in [4.78, 5) is 58.0. The summed E-state index contributed by atoms with van der Waals surface area (Å²) >= 11 is 48.6. The number of hydrogen-bond acceptors (Lipinski definition) is 20. The Morgan fingerprint density at radius 3 is 0.827 bits per heavy atom. The molecule has 662 valence electrons. The first kappa shape index (κ1) is 90.5. The third kappa shape index (κ3) is 20.9. The zero-order chi connectivity index (χ0) is 89.3. The Morgan fingerprint density at radius 1 is 0.291 bits per heavy atom. The minimum atomic E-state index is -0.447. The van der Waals surface area contributed by atoms with E-state index in [0.29, 0.717) is 102 Å². The van der Waals surface area contributed by atoms with Gasteiger partial charge in [0.1, 0.15) is 62.5 Å². The fourth-order valence-electron chi connectivity index (χ4n) is 16.6. The number of halogens is 9. The molecule has 25 nitrogen and oxygen atoms in total. The molecule has 15 heterocycles. The smallest absolute Gasteiger partial charge is 0.202 e. The van der Waals surface area contributed by atoms with Gasteiger partial charge in [-0.25, -0.2) is 54.2 Å². The van der Waals surface area contributed by atoms with Crippen molar-refractivity contribution in [1.82, 2.24) is 101 Å². The van der Waals surface area contributed by atoms with E-state index in [9.17, 15) is 4.39 Å². The van der Waals surface area contributed by atoms with Crippen LogP contribution < -0.4 is 24.5 Å². The Balaban J connectivity index is 0.000000117. The quantitative estimate of drug-likeness (QED) is 0.0717. The maximum Gasteiger partial charge on any atom is 0.202 e. The Morgan fingerprint density at radius 2 is 0.551 bits per heavy atom. The molecule has 0 unspecified atom stereocenters. The SMILES string of the molecule is CC1(C)CCN(c2cnc3c(-c4cc(Cl)cc(Cl)c4)[nH]nc3n2)CC1.CC1(C)CCN(c2cnc3c(-c4cccc(Cl)c4)[nH]nc3n2)CC1.CCC1(C)CCN(c2cnc3c(-c4cc(Cl)cc(Cl)c4)[nH]nc3n2)CC1.CCC1(C)CCN(c2cnc3c(-c4ccc(Cl)c(Cl)c4)[nH]nc3n2)CC1.CCC1(C)CCN(c2cnc3c(-c4ccc(F)c(Cl)c4)[nH]nc3n2)CC1. The third-order valence-corrected chi connectivity index (χ3v) is 28.6. The maximum absolute atomic E-state index is 13.4. The molecule has 0 amide bonds. The summed E-state index contributed by atoms with van der Waals surface area (Å²) in [5, 5.41) is 40.8. The van der Waals surface area contributed by atoms with Gasteiger partial charge in [0.25, 0.3) is 0 Å². The molecular weight excluding hydrogens is 1770 g/mol. The third-order valence-electron chi connectivity index (χ3n) is 26.4. The summed E-state index contributed by atoms with van der Waals surface area (Å²) in [6.45, 7) is 33.2. The molecule has 5 fully saturated rings. The second kappa shape index (κ2) is 38.0. The van der Waals surface area contributed by atoms with Crippen LogP contribution in [0.15, 0.2) is 128 Å². The first-order valence-corrected chi connectivity index (χ1v) is 46.3. The van der Waals surface area contributed by atoms with Crippen LogP contribution in [0.4, 0.5) is 33.5 Å². The first-order chi connectivity index (χ1) is 60.9. The lowest BCUT2D eigenvalue weighted by molar-refractivity contribution is 0.237. The molecule has 127 heavy (non-hydrogen) atoms. The highest BCUT2D eigenvalue weighted by Gasteiger charge is 2.35. The molecule has 5 aliphatic rings. The van der Waals surface area contributed by atoms with Crippen molar-refractivity contribution in [2.75, 3.05) is 89.9 Å². The van der Waals surface area contributed by atoms with Gasteiger partial charge in [-0.3, -0.25) is 25.5 Å². The van der Waals surface area contributed by atoms with Crippen LogP contribution in [-0.2, 0) is 0 Å². The van der Waals surface area contributed by atoms with Crippen molar-refractivity contribution < 1.29 is 4.39 Å². The van der Waals surface area contributed by atoms with Gasteiger partial charge >= 0.3 is 0 Å². The van der Waals surface area contributed by atoms with E-state index in [-0.39, 0.29) is 5.02 Å². The lowest BCUT2D eigenvalue weighted by Gasteiger charge is -2.39. The molecule has 15 aromatic rings. The number of aromatic nitrogens is 20. The highest BCUT2D eigenvalue weighted by molar-refractivity contribution is 6.42. The number of fused-ring (bicyclic) bond motifs is 5. The summed E-state index contributed by atoms with van der Waals surface area (Å²) < 4.78 is 13.4. The largest absolute Gasteiger partial charge is 0.355 e. The average molecular weight is 1870 g/mol. The Kier molecular flexibility index (Phi) is 27.1. The first-order valence-electron chi connectivity index (χ1n) is 43.3. The number of nitrogens with one attached hydrogen (secondary N) is 5. The molecule has 5 aromatic carbocycles. The van der Waals surface area contributed by atoms with E-state index in [0.717, 1.165) is 193 Å². The molecule has 5 N–H and O–H groups in total. The lowest BCUT2D eigenvalue weighted by Crippen LogP contribution is -2.38. The molecular formula is C93H102Cl8FN25. The summed E-state index contributed by atoms with van der Waals surface area (Å²) in [6, 6.07) is 28.4. The number of hydrogen-bond donors (Lipinski definition) is 5. The number of aromatic amines is 5. The van der Waals surface area contributed by atoms with Crippen LogP contribution in [-0.4, -0.2) is 166 Å². The van der Waals surface area contributed by atoms with E-state index in [1.807, 2.05) is 85.5 Å². The van der Waals surface area contributed by atoms with Gasteiger partial charge in [-0.1, -0.05) is 200 Å². The van der Waals surface area contributed by atoms with Crippen LogP contribution in [0.1, 0.15) is 153 Å². The molecule has 5 saturated heterocycles. The molecule has 5 aliphatic heterocycles. The summed E-state index contributed by atoms with van der Waals surface area (Å²) in [5.74, 6) is 3.97. The average Bonchev–Trinajstić information content (AvgIpc) is 1.68. The Hall–Kier alpha value is -9.90. The van der Waals surface area contributed by atoms with E-state index < -0.39 is 5.82 Å². The second-order valence-electron chi connectivity index (χ2n) is 36.3. The standard InChI is InChI=1S/2C19H21Cl2N5.C19H21ClFN5.C18H19Cl2N5.C18H20ClN5/c1-3-19(2)4-6-26(7-5-19)15-11-22-17-16(24-25-18(17)23-15)12-8-13(20)10-14(21)9-12;1-3-19(2)6-8-26(9-7-19)15-11-22-17-16(24-25-18(17)23-15)12-4-5-13(20)14(21)10-12;1-3-19(2)6-8-26(9-7-19)15-11-22-17-16(24-25-18(17)23-15)12-4-5-14(21)13(20)10-12;1-18(2)3-5-25(6-4-18)14-10-21-16-15(23-24-17(16)22-14)11-7-12(19)9-13(20)8-11;1-18(2)6-8-24(9-7-18)14-11-20-16-15(22-23-17(16)21-14)12-4-3-5-13(19)10-12/h8-11H,3-7H2,1-2H3,(H,23,24,25);2*4-5,10-11H,3,6-9H2,1-2H3,(H,23,24,25);7-10H,3-6H2,1-2H3,(H,22,23,24);3-5,10-11H,6-9H2,1-2H3,(H,21,22,23). The minimum Gasteiger partial charge on any atom is -0.355 e. The summed E-state index contributed by atoms with van der Waals surface area (Å²) in [6.07, 6.45) is 24.5. The number of anilines is 5. The van der Waals surface area contributed by atoms with E-state index in [2.05, 4.69) is 175 Å². The van der Waals surface area contributed by atoms with Crippen molar-refractivity contribution in [1.29, 1.82) is 0 Å². The van der Waals surface area contributed by atoms with Gasteiger partial charge in [0.05, 0.1) is 74.5 Å². The van der Waals surface area contributed by atoms with Crippen LogP contribution in [0.3, 0.4) is 0 Å². The normalized spacial score (nSPS) is 17.1. The molecule has 0 aliphatic carbocycles. The van der Waals surface area contributed by atoms with Gasteiger partial charge in [0.15, 0.2) is 0 Å². The zero-order valence-corrected chi connectivity index (χ0v) is 78.8. The molecule has 34 heteroatoms. The van der Waals surface area contributed by atoms with Crippen LogP contribution in [0, 0.1) is 32.9 Å². The molecule has 0 saturated carbocycles. The molecule has 0 bridgehead atoms. The number of H-pyrrole nitrogens is 5. The molecule has 0 radical (unpaired) electrons.